The lowest BCUT2D eigenvalue weighted by Gasteiger charge is -2.34. The monoisotopic (exact) mass is 650 g/mol. The molecule has 2 fully saturated rings. The number of carbonyl (C=O) groups excluding carboxylic acids is 5. The highest BCUT2D eigenvalue weighted by Gasteiger charge is 2.31. The molecule has 2 N–H and O–H groups in total. The van der Waals surface area contributed by atoms with Crippen molar-refractivity contribution >= 4 is 29.8 Å². The number of likely N-dealkylation sites (tertiary alicyclic amines) is 2. The summed E-state index contributed by atoms with van der Waals surface area (Å²) in [4.78, 5) is 67.6. The van der Waals surface area contributed by atoms with E-state index in [9.17, 15) is 24.0 Å². The van der Waals surface area contributed by atoms with Gasteiger partial charge in [-0.2, -0.15) is 0 Å². The Morgan fingerprint density at radius 2 is 1.60 bits per heavy atom. The number of ether oxygens (including phenoxy) is 3. The topological polar surface area (TPSA) is 144 Å². The van der Waals surface area contributed by atoms with Crippen molar-refractivity contribution in [2.75, 3.05) is 39.9 Å². The molecule has 2 aromatic rings. The van der Waals surface area contributed by atoms with E-state index in [2.05, 4.69) is 10.6 Å². The number of esters is 1. The summed E-state index contributed by atoms with van der Waals surface area (Å²) in [6.07, 6.45) is 2.45. The third-order valence-electron chi connectivity index (χ3n) is 8.64. The van der Waals surface area contributed by atoms with Crippen LogP contribution in [0.1, 0.15) is 67.8 Å². The van der Waals surface area contributed by atoms with Crippen molar-refractivity contribution in [2.45, 2.75) is 64.6 Å². The van der Waals surface area contributed by atoms with Gasteiger partial charge in [-0.15, -0.1) is 0 Å². The first-order valence-electron chi connectivity index (χ1n) is 16.4. The molecule has 4 amide bonds. The molecule has 2 aliphatic rings. The minimum absolute atomic E-state index is 0.00285. The molecule has 2 saturated heterocycles. The SMILES string of the molecule is CCOC(=O)C[C@H](NC(=O)c1ccc(OC)cc1)NC(=O)[C@@H]1CCCN(C(=O)CCC2CCN(C(=O)OCc3ccccc3)CC2)C1. The van der Waals surface area contributed by atoms with Gasteiger partial charge >= 0.3 is 12.1 Å². The molecule has 2 heterocycles. The van der Waals surface area contributed by atoms with E-state index >= 15 is 0 Å². The lowest BCUT2D eigenvalue weighted by molar-refractivity contribution is -0.144. The largest absolute Gasteiger partial charge is 0.497 e. The van der Waals surface area contributed by atoms with Gasteiger partial charge in [-0.3, -0.25) is 19.2 Å². The van der Waals surface area contributed by atoms with E-state index in [1.54, 1.807) is 41.0 Å². The summed E-state index contributed by atoms with van der Waals surface area (Å²) in [5, 5.41) is 5.52. The molecule has 47 heavy (non-hydrogen) atoms. The van der Waals surface area contributed by atoms with Crippen LogP contribution in [0.5, 0.6) is 5.75 Å². The van der Waals surface area contributed by atoms with Crippen molar-refractivity contribution in [2.24, 2.45) is 11.8 Å². The average Bonchev–Trinajstić information content (AvgIpc) is 3.10. The summed E-state index contributed by atoms with van der Waals surface area (Å²) in [6.45, 7) is 4.14. The molecule has 0 aromatic heterocycles. The average molecular weight is 651 g/mol. The van der Waals surface area contributed by atoms with Crippen molar-refractivity contribution < 1.29 is 38.2 Å². The molecule has 0 bridgehead atoms. The predicted octanol–water partition coefficient (Wildman–Crippen LogP) is 3.89. The Kier molecular flexibility index (Phi) is 13.4. The molecule has 0 spiro atoms. The van der Waals surface area contributed by atoms with Gasteiger partial charge in [0.05, 0.1) is 26.1 Å². The van der Waals surface area contributed by atoms with Gasteiger partial charge in [-0.05, 0) is 74.8 Å². The zero-order chi connectivity index (χ0) is 33.6. The second-order valence-corrected chi connectivity index (χ2v) is 12.0. The minimum atomic E-state index is -0.983. The van der Waals surface area contributed by atoms with Crippen molar-refractivity contribution in [1.29, 1.82) is 0 Å². The van der Waals surface area contributed by atoms with E-state index in [-0.39, 0.29) is 44.1 Å². The smallest absolute Gasteiger partial charge is 0.410 e. The summed E-state index contributed by atoms with van der Waals surface area (Å²) >= 11 is 0. The first kappa shape index (κ1) is 35.2. The van der Waals surface area contributed by atoms with Gasteiger partial charge in [0.25, 0.3) is 5.91 Å². The highest BCUT2D eigenvalue weighted by atomic mass is 16.6. The van der Waals surface area contributed by atoms with E-state index in [1.807, 2.05) is 30.3 Å². The number of amides is 4. The fourth-order valence-corrected chi connectivity index (χ4v) is 5.92. The number of hydrogen-bond donors (Lipinski definition) is 2. The highest BCUT2D eigenvalue weighted by molar-refractivity contribution is 5.95. The molecule has 2 aliphatic heterocycles. The number of piperidine rings is 2. The van der Waals surface area contributed by atoms with Crippen LogP contribution in [0.2, 0.25) is 0 Å². The second-order valence-electron chi connectivity index (χ2n) is 12.0. The van der Waals surface area contributed by atoms with Crippen LogP contribution in [0.4, 0.5) is 4.79 Å². The Bertz CT molecular complexity index is 1350. The highest BCUT2D eigenvalue weighted by Crippen LogP contribution is 2.25. The summed E-state index contributed by atoms with van der Waals surface area (Å²) in [5.41, 5.74) is 1.29. The molecule has 4 rings (SSSR count). The molecule has 2 atom stereocenters. The molecule has 254 valence electrons. The minimum Gasteiger partial charge on any atom is -0.497 e. The van der Waals surface area contributed by atoms with Crippen LogP contribution in [0.3, 0.4) is 0 Å². The summed E-state index contributed by atoms with van der Waals surface area (Å²) < 4.78 is 15.6. The van der Waals surface area contributed by atoms with Crippen molar-refractivity contribution in [1.82, 2.24) is 20.4 Å². The van der Waals surface area contributed by atoms with Crippen LogP contribution in [-0.2, 0) is 30.5 Å². The van der Waals surface area contributed by atoms with E-state index in [0.717, 1.165) is 24.8 Å². The molecule has 12 heteroatoms. The second kappa shape index (κ2) is 17.9. The van der Waals surface area contributed by atoms with Crippen molar-refractivity contribution in [3.8, 4) is 5.75 Å². The summed E-state index contributed by atoms with van der Waals surface area (Å²) in [5.74, 6) is -0.891. The number of benzene rings is 2. The lowest BCUT2D eigenvalue weighted by atomic mass is 9.91. The number of hydrogen-bond acceptors (Lipinski definition) is 8. The first-order valence-corrected chi connectivity index (χ1v) is 16.4. The fourth-order valence-electron chi connectivity index (χ4n) is 5.92. The van der Waals surface area contributed by atoms with Crippen LogP contribution in [-0.4, -0.2) is 85.6 Å². The predicted molar refractivity (Wildman–Crippen MR) is 173 cm³/mol. The molecule has 0 saturated carbocycles. The number of carbonyl (C=O) groups is 5. The van der Waals surface area contributed by atoms with Gasteiger partial charge in [0.2, 0.25) is 11.8 Å². The van der Waals surface area contributed by atoms with Gasteiger partial charge in [-0.25, -0.2) is 4.79 Å². The Morgan fingerprint density at radius 3 is 2.28 bits per heavy atom. The van der Waals surface area contributed by atoms with Gasteiger partial charge in [0.1, 0.15) is 18.5 Å². The zero-order valence-electron chi connectivity index (χ0n) is 27.3. The lowest BCUT2D eigenvalue weighted by Crippen LogP contribution is -2.53. The van der Waals surface area contributed by atoms with E-state index in [4.69, 9.17) is 14.2 Å². The maximum Gasteiger partial charge on any atom is 0.410 e. The Labute approximate surface area is 276 Å². The maximum atomic E-state index is 13.3. The zero-order valence-corrected chi connectivity index (χ0v) is 27.3. The molecule has 2 aromatic carbocycles. The number of methoxy groups -OCH3 is 1. The number of nitrogens with one attached hydrogen (secondary N) is 2. The first-order chi connectivity index (χ1) is 22.7. The number of nitrogens with zero attached hydrogens (tertiary/aromatic N) is 2. The van der Waals surface area contributed by atoms with Crippen LogP contribution >= 0.6 is 0 Å². The van der Waals surface area contributed by atoms with Crippen LogP contribution in [0.15, 0.2) is 54.6 Å². The molecule has 0 aliphatic carbocycles. The van der Waals surface area contributed by atoms with E-state index in [0.29, 0.717) is 56.1 Å². The Hall–Kier alpha value is -4.61. The molecule has 12 nitrogen and oxygen atoms in total. The van der Waals surface area contributed by atoms with Crippen LogP contribution in [0, 0.1) is 11.8 Å². The molecular formula is C35H46N4O8. The maximum absolute atomic E-state index is 13.3. The summed E-state index contributed by atoms with van der Waals surface area (Å²) in [6, 6.07) is 16.0. The molecular weight excluding hydrogens is 604 g/mol. The fraction of sp³-hybridized carbons (Fsp3) is 0.514. The standard InChI is InChI=1S/C35H46N4O8/c1-3-46-32(41)22-30(36-33(42)27-12-14-29(45-2)15-13-27)37-34(43)28-10-7-19-39(23-28)31(40)16-11-25-17-20-38(21-18-25)35(44)47-24-26-8-5-4-6-9-26/h4-6,8-9,12-15,25,28,30H,3,7,10-11,16-24H2,1-2H3,(H,36,42)(H,37,43)/t28-,30-/m1/s1. The van der Waals surface area contributed by atoms with Gasteiger partial charge in [0.15, 0.2) is 0 Å². The van der Waals surface area contributed by atoms with E-state index in [1.165, 1.54) is 7.11 Å². The van der Waals surface area contributed by atoms with Gasteiger partial charge in [0, 0.05) is 38.2 Å². The van der Waals surface area contributed by atoms with Crippen LogP contribution in [0.25, 0.3) is 0 Å². The molecule has 0 radical (unpaired) electrons. The number of rotatable bonds is 13. The Morgan fingerprint density at radius 1 is 0.872 bits per heavy atom. The third kappa shape index (κ3) is 11.0. The quantitative estimate of drug-likeness (QED) is 0.246. The van der Waals surface area contributed by atoms with Crippen molar-refractivity contribution in [3.05, 3.63) is 65.7 Å². The van der Waals surface area contributed by atoms with Crippen LogP contribution < -0.4 is 15.4 Å². The third-order valence-corrected chi connectivity index (χ3v) is 8.64. The van der Waals surface area contributed by atoms with E-state index < -0.39 is 24.0 Å². The Balaban J connectivity index is 1.22. The van der Waals surface area contributed by atoms with Crippen molar-refractivity contribution in [3.63, 3.8) is 0 Å². The van der Waals surface area contributed by atoms with Gasteiger partial charge in [-0.1, -0.05) is 30.3 Å². The normalized spacial score (nSPS) is 17.3. The molecule has 0 unspecified atom stereocenters. The van der Waals surface area contributed by atoms with Gasteiger partial charge < -0.3 is 34.6 Å². The summed E-state index contributed by atoms with van der Waals surface area (Å²) in [7, 11) is 1.53.